The smallest absolute Gasteiger partial charge is 0.311 e. The van der Waals surface area contributed by atoms with Crippen LogP contribution < -0.4 is 0 Å². The van der Waals surface area contributed by atoms with E-state index in [1.54, 1.807) is 6.08 Å². The van der Waals surface area contributed by atoms with E-state index in [1.165, 1.54) is 7.11 Å². The van der Waals surface area contributed by atoms with Gasteiger partial charge in [0.15, 0.2) is 14.1 Å². The van der Waals surface area contributed by atoms with Crippen LogP contribution >= 0.6 is 0 Å². The number of rotatable bonds is 5. The zero-order valence-corrected chi connectivity index (χ0v) is 20.7. The largest absolute Gasteiger partial charge is 0.469 e. The molecule has 0 aromatic heterocycles. The number of ketones is 1. The predicted octanol–water partition coefficient (Wildman–Crippen LogP) is 4.71. The Morgan fingerprint density at radius 2 is 1.93 bits per heavy atom. The SMILES string of the molecule is COC(=O)[C@]1(C)CCC[C@@]2(C)[C@H]1C[C@H](O[Si](C)(C)C)C1=CC(=O)C(C)C[C@@]12CC=O. The molecule has 0 spiro atoms. The Labute approximate surface area is 182 Å². The molecule has 3 aliphatic rings. The molecule has 0 bridgehead atoms. The lowest BCUT2D eigenvalue weighted by Gasteiger charge is -2.66. The highest BCUT2D eigenvalue weighted by Gasteiger charge is 2.67. The van der Waals surface area contributed by atoms with Crippen LogP contribution in [0.15, 0.2) is 11.6 Å². The summed E-state index contributed by atoms with van der Waals surface area (Å²) >= 11 is 0. The molecular formula is C24H38O5Si. The van der Waals surface area contributed by atoms with Crippen molar-refractivity contribution in [3.05, 3.63) is 11.6 Å². The average Bonchev–Trinajstić information content (AvgIpc) is 2.64. The van der Waals surface area contributed by atoms with Gasteiger partial charge in [0.2, 0.25) is 0 Å². The van der Waals surface area contributed by atoms with Crippen molar-refractivity contribution in [1.29, 1.82) is 0 Å². The van der Waals surface area contributed by atoms with Crippen molar-refractivity contribution in [2.24, 2.45) is 28.1 Å². The molecule has 2 saturated carbocycles. The van der Waals surface area contributed by atoms with E-state index < -0.39 is 19.1 Å². The molecule has 30 heavy (non-hydrogen) atoms. The summed E-state index contributed by atoms with van der Waals surface area (Å²) in [6, 6.07) is 0. The molecule has 0 radical (unpaired) electrons. The summed E-state index contributed by atoms with van der Waals surface area (Å²) in [5, 5.41) is 0. The second-order valence-corrected chi connectivity index (χ2v) is 15.7. The molecule has 1 unspecified atom stereocenters. The van der Waals surface area contributed by atoms with Gasteiger partial charge in [-0.2, -0.15) is 0 Å². The summed E-state index contributed by atoms with van der Waals surface area (Å²) in [4.78, 5) is 37.8. The fourth-order valence-electron chi connectivity index (χ4n) is 7.04. The van der Waals surface area contributed by atoms with E-state index in [-0.39, 0.29) is 35.1 Å². The van der Waals surface area contributed by atoms with Crippen LogP contribution in [-0.2, 0) is 23.5 Å². The monoisotopic (exact) mass is 434 g/mol. The van der Waals surface area contributed by atoms with Gasteiger partial charge in [-0.1, -0.05) is 20.3 Å². The molecule has 2 fully saturated rings. The van der Waals surface area contributed by atoms with Crippen LogP contribution in [0.5, 0.6) is 0 Å². The normalized spacial score (nSPS) is 41.4. The van der Waals surface area contributed by atoms with E-state index in [4.69, 9.17) is 9.16 Å². The first kappa shape index (κ1) is 23.4. The standard InChI is InChI=1S/C24H38O5Si/c1-16-15-24(11-12-25)17(13-18(16)26)19(29-30(5,6)7)14-20-22(2,21(27)28-4)9-8-10-23(20,24)3/h12-13,16,19-20H,8-11,14-15H2,1-7H3/t16?,19-,20-,22+,23-,24-/m0/s1. The van der Waals surface area contributed by atoms with Crippen LogP contribution in [0.1, 0.15) is 59.3 Å². The van der Waals surface area contributed by atoms with Crippen LogP contribution in [0.4, 0.5) is 0 Å². The third-order valence-electron chi connectivity index (χ3n) is 8.39. The molecular weight excluding hydrogens is 396 g/mol. The van der Waals surface area contributed by atoms with Gasteiger partial charge in [0.1, 0.15) is 6.29 Å². The highest BCUT2D eigenvalue weighted by molar-refractivity contribution is 6.69. The van der Waals surface area contributed by atoms with Gasteiger partial charge in [0.25, 0.3) is 0 Å². The third kappa shape index (κ3) is 3.44. The van der Waals surface area contributed by atoms with E-state index >= 15 is 0 Å². The quantitative estimate of drug-likeness (QED) is 0.356. The zero-order chi connectivity index (χ0) is 22.5. The van der Waals surface area contributed by atoms with Crippen LogP contribution in [0.25, 0.3) is 0 Å². The van der Waals surface area contributed by atoms with Crippen LogP contribution in [0.3, 0.4) is 0 Å². The van der Waals surface area contributed by atoms with Gasteiger partial charge in [0.05, 0.1) is 18.6 Å². The molecule has 0 N–H and O–H groups in total. The Balaban J connectivity index is 2.25. The summed E-state index contributed by atoms with van der Waals surface area (Å²) in [5.41, 5.74) is -0.331. The number of esters is 1. The molecule has 6 atom stereocenters. The van der Waals surface area contributed by atoms with E-state index in [2.05, 4.69) is 26.6 Å². The first-order valence-corrected chi connectivity index (χ1v) is 14.7. The topological polar surface area (TPSA) is 69.7 Å². The number of ether oxygens (including phenoxy) is 1. The minimum absolute atomic E-state index is 0.0325. The van der Waals surface area contributed by atoms with Gasteiger partial charge < -0.3 is 14.0 Å². The summed E-state index contributed by atoms with van der Waals surface area (Å²) in [7, 11) is -0.471. The lowest BCUT2D eigenvalue weighted by atomic mass is 9.38. The molecule has 168 valence electrons. The van der Waals surface area contributed by atoms with E-state index in [1.807, 2.05) is 13.8 Å². The van der Waals surface area contributed by atoms with Gasteiger partial charge in [-0.25, -0.2) is 0 Å². The van der Waals surface area contributed by atoms with Crippen LogP contribution in [0.2, 0.25) is 19.6 Å². The van der Waals surface area contributed by atoms with Crippen molar-refractivity contribution < 1.29 is 23.5 Å². The first-order chi connectivity index (χ1) is 13.8. The average molecular weight is 435 g/mol. The number of methoxy groups -OCH3 is 1. The minimum atomic E-state index is -1.94. The molecule has 0 amide bonds. The van der Waals surface area contributed by atoms with Gasteiger partial charge in [0, 0.05) is 17.8 Å². The summed E-state index contributed by atoms with van der Waals surface area (Å²) < 4.78 is 11.9. The highest BCUT2D eigenvalue weighted by atomic mass is 28.4. The van der Waals surface area contributed by atoms with Crippen molar-refractivity contribution in [3.63, 3.8) is 0 Å². The maximum absolute atomic E-state index is 13.0. The van der Waals surface area contributed by atoms with Gasteiger partial charge in [-0.05, 0) is 75.2 Å². The number of aldehydes is 1. The number of fused-ring (bicyclic) bond motifs is 3. The highest BCUT2D eigenvalue weighted by Crippen LogP contribution is 2.70. The molecule has 6 heteroatoms. The number of hydrogen-bond acceptors (Lipinski definition) is 5. The number of allylic oxidation sites excluding steroid dienone is 1. The molecule has 3 rings (SSSR count). The molecule has 0 aliphatic heterocycles. The minimum Gasteiger partial charge on any atom is -0.469 e. The van der Waals surface area contributed by atoms with Crippen molar-refractivity contribution >= 4 is 26.4 Å². The summed E-state index contributed by atoms with van der Waals surface area (Å²) in [5.74, 6) is -0.142. The Bertz CT molecular complexity index is 768. The Kier molecular flexibility index (Phi) is 6.00. The van der Waals surface area contributed by atoms with Crippen molar-refractivity contribution in [3.8, 4) is 0 Å². The molecule has 5 nitrogen and oxygen atoms in total. The van der Waals surface area contributed by atoms with Gasteiger partial charge >= 0.3 is 5.97 Å². The fraction of sp³-hybridized carbons (Fsp3) is 0.792. The van der Waals surface area contributed by atoms with Crippen LogP contribution in [0, 0.1) is 28.1 Å². The van der Waals surface area contributed by atoms with Gasteiger partial charge in [-0.3, -0.25) is 9.59 Å². The molecule has 0 aromatic rings. The number of carbonyl (C=O) groups is 3. The first-order valence-electron chi connectivity index (χ1n) is 11.3. The Morgan fingerprint density at radius 1 is 1.27 bits per heavy atom. The van der Waals surface area contributed by atoms with E-state index in [9.17, 15) is 14.4 Å². The van der Waals surface area contributed by atoms with E-state index in [0.29, 0.717) is 19.3 Å². The molecule has 0 aromatic carbocycles. The number of carbonyl (C=O) groups excluding carboxylic acids is 3. The van der Waals surface area contributed by atoms with Crippen molar-refractivity contribution in [1.82, 2.24) is 0 Å². The molecule has 3 aliphatic carbocycles. The predicted molar refractivity (Wildman–Crippen MR) is 118 cm³/mol. The summed E-state index contributed by atoms with van der Waals surface area (Å²) in [6.45, 7) is 12.7. The van der Waals surface area contributed by atoms with Crippen molar-refractivity contribution in [2.75, 3.05) is 7.11 Å². The Morgan fingerprint density at radius 3 is 2.50 bits per heavy atom. The third-order valence-corrected chi connectivity index (χ3v) is 9.38. The Hall–Kier alpha value is -1.27. The lowest BCUT2D eigenvalue weighted by molar-refractivity contribution is -0.182. The fourth-order valence-corrected chi connectivity index (χ4v) is 8.12. The maximum atomic E-state index is 13.0. The zero-order valence-electron chi connectivity index (χ0n) is 19.7. The van der Waals surface area contributed by atoms with Crippen molar-refractivity contribution in [2.45, 2.75) is 85.0 Å². The lowest BCUT2D eigenvalue weighted by Crippen LogP contribution is -2.63. The second kappa shape index (κ2) is 7.70. The second-order valence-electron chi connectivity index (χ2n) is 11.2. The summed E-state index contributed by atoms with van der Waals surface area (Å²) in [6.07, 6.45) is 6.93. The van der Waals surface area contributed by atoms with Gasteiger partial charge in [-0.15, -0.1) is 0 Å². The van der Waals surface area contributed by atoms with E-state index in [0.717, 1.165) is 31.1 Å². The van der Waals surface area contributed by atoms with Crippen LogP contribution in [-0.4, -0.2) is 39.6 Å². The maximum Gasteiger partial charge on any atom is 0.311 e. The molecule has 0 heterocycles. The molecule has 0 saturated heterocycles. The number of hydrogen-bond donors (Lipinski definition) is 0.